The first-order valence-corrected chi connectivity index (χ1v) is 13.4. The van der Waals surface area contributed by atoms with Crippen molar-refractivity contribution in [3.8, 4) is 0 Å². The van der Waals surface area contributed by atoms with Gasteiger partial charge in [0.15, 0.2) is 6.23 Å². The average Bonchev–Trinajstić information content (AvgIpc) is 3.06. The molecule has 7 N–H and O–H groups in total. The van der Waals surface area contributed by atoms with Crippen LogP contribution in [0.5, 0.6) is 0 Å². The molecule has 1 aromatic rings. The lowest BCUT2D eigenvalue weighted by Gasteiger charge is -2.21. The van der Waals surface area contributed by atoms with E-state index in [1.165, 1.54) is 58.2 Å². The molecular formula is C21H42N3O10P. The minimum absolute atomic E-state index is 0.479. The summed E-state index contributed by atoms with van der Waals surface area (Å²) in [6.45, 7) is 10.3. The van der Waals surface area contributed by atoms with Crippen LogP contribution in [0.4, 0.5) is 0 Å². The monoisotopic (exact) mass is 527 g/mol. The molecule has 0 bridgehead atoms. The van der Waals surface area contributed by atoms with Crippen molar-refractivity contribution in [1.82, 2.24) is 14.5 Å². The van der Waals surface area contributed by atoms with Crippen molar-refractivity contribution in [2.45, 2.75) is 83.8 Å². The number of rotatable bonds is 11. The SMILES string of the molecule is CCCCN(CCCC)CCCC.O=P(O)(O)O.O=c1ccn([C@@H]2O[C@H](CO)[C@@H](O)[C@H]2O)c(=O)[nH]1. The van der Waals surface area contributed by atoms with Crippen molar-refractivity contribution >= 4 is 7.82 Å². The summed E-state index contributed by atoms with van der Waals surface area (Å²) < 4.78 is 15.0. The van der Waals surface area contributed by atoms with Crippen LogP contribution in [0.2, 0.25) is 0 Å². The molecule has 13 nitrogen and oxygen atoms in total. The third kappa shape index (κ3) is 14.7. The Bertz CT molecular complexity index is 816. The number of ether oxygens (including phenoxy) is 1. The zero-order valence-electron chi connectivity index (χ0n) is 20.7. The van der Waals surface area contributed by atoms with Crippen molar-refractivity contribution in [3.63, 3.8) is 0 Å². The van der Waals surface area contributed by atoms with Crippen molar-refractivity contribution < 1.29 is 39.3 Å². The average molecular weight is 528 g/mol. The van der Waals surface area contributed by atoms with Gasteiger partial charge >= 0.3 is 13.5 Å². The van der Waals surface area contributed by atoms with Gasteiger partial charge in [0.25, 0.3) is 5.56 Å². The van der Waals surface area contributed by atoms with E-state index in [1.807, 2.05) is 4.98 Å². The summed E-state index contributed by atoms with van der Waals surface area (Å²) in [4.78, 5) is 48.5. The van der Waals surface area contributed by atoms with E-state index in [0.717, 1.165) is 16.8 Å². The first kappa shape index (κ1) is 33.6. The lowest BCUT2D eigenvalue weighted by atomic mass is 10.1. The van der Waals surface area contributed by atoms with Gasteiger partial charge in [-0.15, -0.1) is 0 Å². The molecule has 35 heavy (non-hydrogen) atoms. The van der Waals surface area contributed by atoms with Gasteiger partial charge in [0.05, 0.1) is 6.61 Å². The molecule has 2 rings (SSSR count). The topological polar surface area (TPSA) is 206 Å². The quantitative estimate of drug-likeness (QED) is 0.189. The number of aromatic amines is 1. The van der Waals surface area contributed by atoms with Gasteiger partial charge in [-0.2, -0.15) is 0 Å². The van der Waals surface area contributed by atoms with Crippen LogP contribution in [0.3, 0.4) is 0 Å². The summed E-state index contributed by atoms with van der Waals surface area (Å²) in [5.41, 5.74) is -1.33. The van der Waals surface area contributed by atoms with Gasteiger partial charge in [-0.25, -0.2) is 9.36 Å². The van der Waals surface area contributed by atoms with Gasteiger partial charge in [-0.05, 0) is 38.9 Å². The fourth-order valence-corrected chi connectivity index (χ4v) is 3.22. The Labute approximate surface area is 205 Å². The summed E-state index contributed by atoms with van der Waals surface area (Å²) in [5.74, 6) is 0. The predicted molar refractivity (Wildman–Crippen MR) is 130 cm³/mol. The van der Waals surface area contributed by atoms with Crippen LogP contribution in [0, 0.1) is 0 Å². The molecule has 1 fully saturated rings. The molecule has 0 unspecified atom stereocenters. The lowest BCUT2D eigenvalue weighted by Crippen LogP contribution is -2.37. The van der Waals surface area contributed by atoms with Crippen molar-refractivity contribution in [1.29, 1.82) is 0 Å². The van der Waals surface area contributed by atoms with Gasteiger partial charge in [0, 0.05) is 12.3 Å². The first-order valence-electron chi connectivity index (χ1n) is 11.8. The molecule has 1 saturated heterocycles. The van der Waals surface area contributed by atoms with Gasteiger partial charge in [-0.1, -0.05) is 40.0 Å². The number of nitrogens with one attached hydrogen (secondary N) is 1. The number of hydrogen-bond acceptors (Lipinski definition) is 8. The van der Waals surface area contributed by atoms with Gasteiger partial charge in [-0.3, -0.25) is 14.3 Å². The molecule has 0 spiro atoms. The Balaban J connectivity index is 0.000000571. The van der Waals surface area contributed by atoms with E-state index >= 15 is 0 Å². The lowest BCUT2D eigenvalue weighted by molar-refractivity contribution is -0.0550. The summed E-state index contributed by atoms with van der Waals surface area (Å²) in [5, 5.41) is 28.1. The van der Waals surface area contributed by atoms with E-state index in [9.17, 15) is 19.8 Å². The highest BCUT2D eigenvalue weighted by molar-refractivity contribution is 7.45. The molecule has 1 aliphatic heterocycles. The number of H-pyrrole nitrogens is 1. The van der Waals surface area contributed by atoms with Crippen LogP contribution in [-0.2, 0) is 9.30 Å². The second-order valence-corrected chi connectivity index (χ2v) is 9.19. The van der Waals surface area contributed by atoms with Gasteiger partial charge in [0.1, 0.15) is 18.3 Å². The fraction of sp³-hybridized carbons (Fsp3) is 0.810. The maximum atomic E-state index is 11.4. The van der Waals surface area contributed by atoms with Crippen LogP contribution in [0.15, 0.2) is 21.9 Å². The van der Waals surface area contributed by atoms with E-state index < -0.39 is 50.2 Å². The van der Waals surface area contributed by atoms with Crippen LogP contribution >= 0.6 is 7.82 Å². The Kier molecular flexibility index (Phi) is 17.2. The molecule has 0 radical (unpaired) electrons. The molecule has 0 amide bonds. The molecule has 0 saturated carbocycles. The fourth-order valence-electron chi connectivity index (χ4n) is 3.22. The summed E-state index contributed by atoms with van der Waals surface area (Å²) >= 11 is 0. The largest absolute Gasteiger partial charge is 0.466 e. The Morgan fingerprint density at radius 2 is 1.43 bits per heavy atom. The van der Waals surface area contributed by atoms with Crippen LogP contribution in [0.1, 0.15) is 65.5 Å². The number of unbranched alkanes of at least 4 members (excludes halogenated alkanes) is 3. The van der Waals surface area contributed by atoms with E-state index in [2.05, 4.69) is 25.7 Å². The highest BCUT2D eigenvalue weighted by Crippen LogP contribution is 2.27. The predicted octanol–water partition coefficient (Wildman–Crippen LogP) is -0.0918. The van der Waals surface area contributed by atoms with E-state index in [-0.39, 0.29) is 0 Å². The normalized spacial score (nSPS) is 21.8. The number of hydrogen-bond donors (Lipinski definition) is 7. The van der Waals surface area contributed by atoms with E-state index in [1.54, 1.807) is 0 Å². The summed E-state index contributed by atoms with van der Waals surface area (Å²) in [6, 6.07) is 1.09. The first-order chi connectivity index (χ1) is 16.4. The third-order valence-electron chi connectivity index (χ3n) is 5.13. The molecule has 0 aromatic carbocycles. The van der Waals surface area contributed by atoms with Gasteiger partial charge in [0.2, 0.25) is 0 Å². The van der Waals surface area contributed by atoms with Crippen molar-refractivity contribution in [2.24, 2.45) is 0 Å². The second kappa shape index (κ2) is 17.9. The van der Waals surface area contributed by atoms with Crippen molar-refractivity contribution in [2.75, 3.05) is 26.2 Å². The number of nitrogens with zero attached hydrogens (tertiary/aromatic N) is 2. The van der Waals surface area contributed by atoms with Crippen LogP contribution in [0.25, 0.3) is 0 Å². The minimum Gasteiger partial charge on any atom is -0.394 e. The molecule has 1 aromatic heterocycles. The number of aliphatic hydroxyl groups is 3. The maximum Gasteiger partial charge on any atom is 0.466 e. The second-order valence-electron chi connectivity index (χ2n) is 8.16. The molecule has 1 aliphatic rings. The van der Waals surface area contributed by atoms with Crippen LogP contribution in [-0.4, -0.2) is 89.0 Å². The minimum atomic E-state index is -4.64. The molecule has 14 heteroatoms. The molecule has 2 heterocycles. The van der Waals surface area contributed by atoms with Crippen LogP contribution < -0.4 is 11.2 Å². The molecule has 0 aliphatic carbocycles. The molecular weight excluding hydrogens is 485 g/mol. The molecule has 4 atom stereocenters. The maximum absolute atomic E-state index is 11.4. The molecule has 206 valence electrons. The highest BCUT2D eigenvalue weighted by Gasteiger charge is 2.43. The number of phosphoric acid groups is 1. The number of aromatic nitrogens is 2. The summed E-state index contributed by atoms with van der Waals surface area (Å²) in [7, 11) is -4.64. The van der Waals surface area contributed by atoms with Gasteiger partial charge < -0.3 is 39.6 Å². The number of aliphatic hydroxyl groups excluding tert-OH is 3. The smallest absolute Gasteiger partial charge is 0.394 e. The Hall–Kier alpha value is -1.41. The zero-order chi connectivity index (χ0) is 27.0. The van der Waals surface area contributed by atoms with E-state index in [0.29, 0.717) is 0 Å². The van der Waals surface area contributed by atoms with E-state index in [4.69, 9.17) is 29.1 Å². The highest BCUT2D eigenvalue weighted by atomic mass is 31.2. The standard InChI is InChI=1S/C12H27N.C9H12N2O6.H3O4P/c1-4-7-10-13(11-8-5-2)12-9-6-3;12-3-4-6(14)7(15)8(17-4)11-2-1-5(13)10-9(11)16;1-5(2,3)4/h4-12H2,1-3H3;1-2,4,6-8,12,14-15H,3H2,(H,10,13,16);(H3,1,2,3,4)/t;4-,6-,7-,8-;/m.1./s1. The zero-order valence-corrected chi connectivity index (χ0v) is 21.6. The third-order valence-corrected chi connectivity index (χ3v) is 5.13. The summed E-state index contributed by atoms with van der Waals surface area (Å²) in [6.07, 6.45) is 4.51. The van der Waals surface area contributed by atoms with Crippen molar-refractivity contribution in [3.05, 3.63) is 33.1 Å². The Morgan fingerprint density at radius 3 is 1.77 bits per heavy atom. The Morgan fingerprint density at radius 1 is 0.971 bits per heavy atom.